The molecule has 0 spiro atoms. The molecule has 5 nitrogen and oxygen atoms in total. The molecule has 11 heteroatoms. The summed E-state index contributed by atoms with van der Waals surface area (Å²) in [5, 5.41) is 8.44. The highest BCUT2D eigenvalue weighted by atomic mass is 32.1. The van der Waals surface area contributed by atoms with E-state index in [1.54, 1.807) is 4.90 Å². The molecule has 4 aliphatic rings. The first-order chi connectivity index (χ1) is 21.5. The molecule has 0 bridgehead atoms. The molecule has 46 heavy (non-hydrogen) atoms. The van der Waals surface area contributed by atoms with Crippen molar-refractivity contribution in [2.45, 2.75) is 116 Å². The lowest BCUT2D eigenvalue weighted by Crippen LogP contribution is -2.42. The number of carbonyl (C=O) groups excluding carboxylic acids is 1. The lowest BCUT2D eigenvalue weighted by molar-refractivity contribution is -0.161. The number of amides is 1. The fourth-order valence-corrected chi connectivity index (χ4v) is 7.22. The molecule has 2 radical (unpaired) electrons. The minimum atomic E-state index is -4.42. The third kappa shape index (κ3) is 9.45. The van der Waals surface area contributed by atoms with E-state index in [2.05, 4.69) is 67.2 Å². The Hall–Kier alpha value is -1.75. The topological polar surface area (TPSA) is 62.6 Å². The van der Waals surface area contributed by atoms with Gasteiger partial charge in [0.2, 0.25) is 0 Å². The molecule has 3 fully saturated rings. The number of ether oxygens (including phenoxy) is 2. The molecule has 1 amide bonds. The maximum Gasteiger partial charge on any atom is 0.415 e. The summed E-state index contributed by atoms with van der Waals surface area (Å²) < 4.78 is 59.0. The van der Waals surface area contributed by atoms with Gasteiger partial charge in [0.25, 0.3) is 11.7 Å². The number of alkyl halides is 4. The summed E-state index contributed by atoms with van der Waals surface area (Å²) in [6, 6.07) is 6.27. The van der Waals surface area contributed by atoms with Gasteiger partial charge < -0.3 is 19.8 Å². The van der Waals surface area contributed by atoms with Crippen LogP contribution in [0.4, 0.5) is 22.4 Å². The van der Waals surface area contributed by atoms with Gasteiger partial charge in [0.1, 0.15) is 5.75 Å². The monoisotopic (exact) mass is 668 g/mol. The van der Waals surface area contributed by atoms with Gasteiger partial charge >= 0.3 is 6.09 Å². The smallest absolute Gasteiger partial charge is 0.410 e. The second-order valence-corrected chi connectivity index (χ2v) is 14.7. The van der Waals surface area contributed by atoms with Crippen molar-refractivity contribution >= 4 is 32.3 Å². The van der Waals surface area contributed by atoms with Gasteiger partial charge in [-0.25, -0.2) is 22.4 Å². The standard InChI is InChI=1S/C23H30N2O3.C7H16.C5H7BF4S/c1-23-9-8-18-17-5-3-16(28-22(26)25-10-12-27-13-11-25)14-15(17)2-4-19(18)20(23)6-7-21(23)24;1-5-7(3,4)6-2;6-5(9,10)4(7,8)2-1-3-11/h3,5,14,18-20,24H,2,4,6-13H2,1H3;5-6H2,1-4H3;11H,1-3H2. The zero-order valence-corrected chi connectivity index (χ0v) is 29.2. The van der Waals surface area contributed by atoms with Gasteiger partial charge in [0.15, 0.2) is 7.85 Å². The minimum Gasteiger partial charge on any atom is -0.410 e. The summed E-state index contributed by atoms with van der Waals surface area (Å²) in [6.07, 6.45) is 8.08. The van der Waals surface area contributed by atoms with Gasteiger partial charge in [0.05, 0.1) is 13.2 Å². The lowest BCUT2D eigenvalue weighted by atomic mass is 9.55. The second kappa shape index (κ2) is 16.1. The van der Waals surface area contributed by atoms with Crippen molar-refractivity contribution in [1.82, 2.24) is 4.90 Å². The highest BCUT2D eigenvalue weighted by Gasteiger charge is 2.53. The molecule has 4 atom stereocenters. The van der Waals surface area contributed by atoms with Crippen molar-refractivity contribution in [3.63, 3.8) is 0 Å². The molecule has 3 aliphatic carbocycles. The van der Waals surface area contributed by atoms with Crippen LogP contribution in [0.25, 0.3) is 0 Å². The summed E-state index contributed by atoms with van der Waals surface area (Å²) in [5.74, 6) is -5.74. The van der Waals surface area contributed by atoms with Crippen LogP contribution in [0.3, 0.4) is 0 Å². The average molecular weight is 669 g/mol. The van der Waals surface area contributed by atoms with E-state index in [1.807, 2.05) is 6.07 Å². The SMILES string of the molecule is CC12CCC3c4ccc(OC(=O)N5CCOCC5)cc4CCC3C1CCC2=N.CCC(C)(C)CC.[B]C(F)(F)C(F)(F)CCCS. The Labute approximate surface area is 280 Å². The van der Waals surface area contributed by atoms with Gasteiger partial charge in [-0.2, -0.15) is 12.6 Å². The van der Waals surface area contributed by atoms with E-state index in [0.29, 0.717) is 55.2 Å². The quantitative estimate of drug-likeness (QED) is 0.173. The maximum absolute atomic E-state index is 12.4. The van der Waals surface area contributed by atoms with Crippen molar-refractivity contribution in [3.8, 4) is 5.75 Å². The van der Waals surface area contributed by atoms with Gasteiger partial charge in [0, 0.05) is 30.6 Å². The first-order valence-corrected chi connectivity index (χ1v) is 17.5. The maximum atomic E-state index is 12.4. The molecule has 258 valence electrons. The predicted octanol–water partition coefficient (Wildman–Crippen LogP) is 9.32. The van der Waals surface area contributed by atoms with E-state index in [1.165, 1.54) is 43.2 Å². The van der Waals surface area contributed by atoms with E-state index in [-0.39, 0.29) is 23.7 Å². The van der Waals surface area contributed by atoms with Crippen LogP contribution in [-0.2, 0) is 11.2 Å². The number of halogens is 4. The normalized spacial score (nSPS) is 26.0. The van der Waals surface area contributed by atoms with Crippen LogP contribution in [0.1, 0.15) is 109 Å². The minimum absolute atomic E-state index is 0.0805. The van der Waals surface area contributed by atoms with E-state index in [9.17, 15) is 22.4 Å². The molecule has 1 saturated heterocycles. The first kappa shape index (κ1) is 38.7. The highest BCUT2D eigenvalue weighted by Crippen LogP contribution is 2.59. The number of benzene rings is 1. The largest absolute Gasteiger partial charge is 0.415 e. The van der Waals surface area contributed by atoms with Gasteiger partial charge in [-0.3, -0.25) is 0 Å². The molecule has 0 aromatic heterocycles. The van der Waals surface area contributed by atoms with E-state index in [4.69, 9.17) is 14.9 Å². The molecule has 5 rings (SSSR count). The van der Waals surface area contributed by atoms with Crippen LogP contribution in [0.5, 0.6) is 5.75 Å². The van der Waals surface area contributed by atoms with E-state index in [0.717, 1.165) is 25.0 Å². The number of hydrogen-bond acceptors (Lipinski definition) is 5. The van der Waals surface area contributed by atoms with Crippen LogP contribution in [0.15, 0.2) is 18.2 Å². The van der Waals surface area contributed by atoms with Crippen LogP contribution in [0, 0.1) is 28.1 Å². The van der Waals surface area contributed by atoms with Crippen LogP contribution >= 0.6 is 12.6 Å². The summed E-state index contributed by atoms with van der Waals surface area (Å²) >= 11 is 3.61. The summed E-state index contributed by atoms with van der Waals surface area (Å²) in [5.41, 5.74) is 4.53. The number of nitrogens with one attached hydrogen (secondary N) is 1. The Morgan fingerprint density at radius 3 is 2.33 bits per heavy atom. The number of carbonyl (C=O) groups is 1. The predicted molar refractivity (Wildman–Crippen MR) is 180 cm³/mol. The van der Waals surface area contributed by atoms with Crippen LogP contribution < -0.4 is 4.74 Å². The highest BCUT2D eigenvalue weighted by molar-refractivity contribution is 7.80. The molecule has 1 aromatic carbocycles. The van der Waals surface area contributed by atoms with Crippen molar-refractivity contribution in [1.29, 1.82) is 5.41 Å². The summed E-state index contributed by atoms with van der Waals surface area (Å²) in [6.45, 7) is 13.8. The second-order valence-electron chi connectivity index (χ2n) is 14.2. The van der Waals surface area contributed by atoms with Crippen molar-refractivity contribution < 1.29 is 31.8 Å². The number of morpholine rings is 1. The Balaban J connectivity index is 0.000000266. The fourth-order valence-electron chi connectivity index (χ4n) is 7.06. The molecule has 1 heterocycles. The van der Waals surface area contributed by atoms with Crippen LogP contribution in [0.2, 0.25) is 0 Å². The Kier molecular flexibility index (Phi) is 13.5. The number of hydrogen-bond donors (Lipinski definition) is 2. The van der Waals surface area contributed by atoms with E-state index >= 15 is 0 Å². The molecule has 1 aromatic rings. The molecular formula is C35H53BF4N2O3S. The first-order valence-electron chi connectivity index (χ1n) is 16.9. The number of aryl methyl sites for hydroxylation is 1. The fraction of sp³-hybridized carbons (Fsp3) is 0.771. The Morgan fingerprint density at radius 2 is 1.76 bits per heavy atom. The lowest BCUT2D eigenvalue weighted by Gasteiger charge is -2.49. The van der Waals surface area contributed by atoms with Gasteiger partial charge in [-0.1, -0.05) is 53.5 Å². The number of thiol groups is 1. The zero-order chi connectivity index (χ0) is 34.3. The van der Waals surface area contributed by atoms with Crippen molar-refractivity contribution in [2.75, 3.05) is 32.1 Å². The molecule has 1 N–H and O–H groups in total. The summed E-state index contributed by atoms with van der Waals surface area (Å²) in [4.78, 5) is 14.1. The average Bonchev–Trinajstić information content (AvgIpc) is 3.34. The van der Waals surface area contributed by atoms with Crippen molar-refractivity contribution in [2.24, 2.45) is 22.7 Å². The molecular weight excluding hydrogens is 615 g/mol. The number of fused-ring (bicyclic) bond motifs is 5. The number of rotatable bonds is 7. The van der Waals surface area contributed by atoms with Crippen molar-refractivity contribution in [3.05, 3.63) is 29.3 Å². The van der Waals surface area contributed by atoms with Gasteiger partial charge in [-0.05, 0) is 97.1 Å². The third-order valence-corrected chi connectivity index (χ3v) is 11.3. The zero-order valence-electron chi connectivity index (χ0n) is 28.3. The van der Waals surface area contributed by atoms with E-state index < -0.39 is 18.2 Å². The summed E-state index contributed by atoms with van der Waals surface area (Å²) in [7, 11) is 3.95. The number of nitrogens with zero attached hydrogens (tertiary/aromatic N) is 1. The van der Waals surface area contributed by atoms with Crippen LogP contribution in [-0.4, -0.2) is 68.4 Å². The Morgan fingerprint density at radius 1 is 1.11 bits per heavy atom. The Bertz CT molecular complexity index is 1170. The molecule has 4 unspecified atom stereocenters. The molecule has 1 aliphatic heterocycles. The molecule has 2 saturated carbocycles. The third-order valence-electron chi connectivity index (χ3n) is 11.0. The van der Waals surface area contributed by atoms with Gasteiger partial charge in [-0.15, -0.1) is 0 Å².